The summed E-state index contributed by atoms with van der Waals surface area (Å²) in [5.41, 5.74) is 0.674. The van der Waals surface area contributed by atoms with E-state index >= 15 is 0 Å². The largest absolute Gasteiger partial charge is 0.468 e. The molecule has 1 aromatic rings. The van der Waals surface area contributed by atoms with Crippen LogP contribution in [0.1, 0.15) is 44.4 Å². The first-order valence-electron chi connectivity index (χ1n) is 11.2. The lowest BCUT2D eigenvalue weighted by Crippen LogP contribution is -2.54. The molecule has 3 N–H and O–H groups in total. The number of aliphatic hydroxyl groups excluding tert-OH is 1. The fraction of sp³-hybridized carbons (Fsp3) is 0.583. The van der Waals surface area contributed by atoms with Gasteiger partial charge in [-0.05, 0) is 51.7 Å². The van der Waals surface area contributed by atoms with E-state index in [2.05, 4.69) is 15.4 Å². The van der Waals surface area contributed by atoms with Crippen LogP contribution in [0.5, 0.6) is 0 Å². The Labute approximate surface area is 211 Å². The lowest BCUT2D eigenvalue weighted by Gasteiger charge is -2.34. The first kappa shape index (κ1) is 30.2. The second-order valence-corrected chi connectivity index (χ2v) is 9.83. The van der Waals surface area contributed by atoms with E-state index in [1.54, 1.807) is 45.0 Å². The fourth-order valence-electron chi connectivity index (χ4n) is 3.17. The van der Waals surface area contributed by atoms with Gasteiger partial charge in [0.1, 0.15) is 24.2 Å². The number of benzene rings is 1. The summed E-state index contributed by atoms with van der Waals surface area (Å²) in [6.45, 7) is 6.04. The van der Waals surface area contributed by atoms with Crippen molar-refractivity contribution < 1.29 is 33.8 Å². The maximum absolute atomic E-state index is 13.7. The van der Waals surface area contributed by atoms with Gasteiger partial charge in [-0.15, -0.1) is 0 Å². The van der Waals surface area contributed by atoms with Crippen LogP contribution in [0.15, 0.2) is 24.3 Å². The number of nitrogens with one attached hydrogen (secondary N) is 2. The van der Waals surface area contributed by atoms with Crippen LogP contribution in [0.2, 0.25) is 0 Å². The molecule has 0 saturated carbocycles. The van der Waals surface area contributed by atoms with Gasteiger partial charge in [-0.3, -0.25) is 14.4 Å². The van der Waals surface area contributed by atoms with Crippen LogP contribution in [0.4, 0.5) is 4.79 Å². The number of carbonyl (C=O) groups excluding carboxylic acids is 4. The van der Waals surface area contributed by atoms with Gasteiger partial charge in [0.05, 0.1) is 13.7 Å². The highest BCUT2D eigenvalue weighted by Gasteiger charge is 2.36. The first-order valence-corrected chi connectivity index (χ1v) is 12.6. The molecule has 2 unspecified atom stereocenters. The van der Waals surface area contributed by atoms with Crippen LogP contribution in [0.25, 0.3) is 0 Å². The van der Waals surface area contributed by atoms with Crippen molar-refractivity contribution in [2.45, 2.75) is 51.8 Å². The summed E-state index contributed by atoms with van der Waals surface area (Å²) in [6, 6.07) is 4.84. The van der Waals surface area contributed by atoms with Crippen molar-refractivity contribution in [3.63, 3.8) is 0 Å². The second kappa shape index (κ2) is 14.6. The van der Waals surface area contributed by atoms with Gasteiger partial charge in [0.2, 0.25) is 11.8 Å². The van der Waals surface area contributed by atoms with Crippen molar-refractivity contribution in [3.8, 4) is 0 Å². The van der Waals surface area contributed by atoms with E-state index in [4.69, 9.17) is 4.74 Å². The lowest BCUT2D eigenvalue weighted by molar-refractivity contribution is -0.145. The Morgan fingerprint density at radius 2 is 1.77 bits per heavy atom. The molecule has 10 nitrogen and oxygen atoms in total. The Morgan fingerprint density at radius 3 is 2.29 bits per heavy atom. The topological polar surface area (TPSA) is 134 Å². The average molecular weight is 512 g/mol. The molecule has 0 aliphatic rings. The molecule has 0 spiro atoms. The Bertz CT molecular complexity index is 856. The fourth-order valence-corrected chi connectivity index (χ4v) is 3.64. The van der Waals surface area contributed by atoms with Gasteiger partial charge in [-0.1, -0.05) is 29.8 Å². The maximum Gasteiger partial charge on any atom is 0.408 e. The van der Waals surface area contributed by atoms with E-state index in [-0.39, 0.29) is 19.5 Å². The number of ether oxygens (including phenoxy) is 2. The Hall–Kier alpha value is -2.79. The van der Waals surface area contributed by atoms with Crippen molar-refractivity contribution in [3.05, 3.63) is 35.4 Å². The number of aryl methyl sites for hydroxylation is 1. The van der Waals surface area contributed by atoms with E-state index in [0.717, 1.165) is 5.56 Å². The van der Waals surface area contributed by atoms with Crippen LogP contribution in [-0.2, 0) is 23.9 Å². The van der Waals surface area contributed by atoms with Crippen LogP contribution < -0.4 is 10.6 Å². The summed E-state index contributed by atoms with van der Waals surface area (Å²) in [4.78, 5) is 52.1. The van der Waals surface area contributed by atoms with E-state index in [1.807, 2.05) is 13.2 Å². The normalized spacial score (nSPS) is 12.8. The quantitative estimate of drug-likeness (QED) is 0.362. The van der Waals surface area contributed by atoms with Crippen molar-refractivity contribution in [2.75, 3.05) is 38.8 Å². The Morgan fingerprint density at radius 1 is 1.14 bits per heavy atom. The molecule has 0 radical (unpaired) electrons. The monoisotopic (exact) mass is 511 g/mol. The van der Waals surface area contributed by atoms with Gasteiger partial charge >= 0.3 is 12.1 Å². The number of hydrogen-bond acceptors (Lipinski definition) is 8. The third-order valence-electron chi connectivity index (χ3n) is 4.81. The Balaban J connectivity index is 3.35. The molecule has 0 saturated heterocycles. The van der Waals surface area contributed by atoms with Crippen molar-refractivity contribution >= 4 is 35.6 Å². The van der Waals surface area contributed by atoms with Crippen molar-refractivity contribution in [1.29, 1.82) is 0 Å². The standard InChI is InChI=1S/C24H37N3O7S/c1-16-7-9-17(10-8-16)20(21(30)25-15-19(29)33-5)27(12-13-28)22(31)18(11-14-35-6)26-23(32)34-24(2,3)4/h7-10,18,20,28H,11-15H2,1-6H3,(H,25,30)(H,26,32). The average Bonchev–Trinajstić information content (AvgIpc) is 2.79. The third-order valence-corrected chi connectivity index (χ3v) is 5.46. The molecule has 0 aliphatic carbocycles. The second-order valence-electron chi connectivity index (χ2n) is 8.84. The van der Waals surface area contributed by atoms with Gasteiger partial charge in [-0.2, -0.15) is 11.8 Å². The minimum Gasteiger partial charge on any atom is -0.468 e. The number of hydrogen-bond donors (Lipinski definition) is 3. The van der Waals surface area contributed by atoms with E-state index in [9.17, 15) is 24.3 Å². The summed E-state index contributed by atoms with van der Waals surface area (Å²) >= 11 is 1.50. The predicted octanol–water partition coefficient (Wildman–Crippen LogP) is 1.79. The Kier molecular flexibility index (Phi) is 12.6. The zero-order valence-corrected chi connectivity index (χ0v) is 22.1. The molecule has 1 aromatic carbocycles. The van der Waals surface area contributed by atoms with Gasteiger partial charge in [0.15, 0.2) is 0 Å². The van der Waals surface area contributed by atoms with Crippen LogP contribution in [0.3, 0.4) is 0 Å². The molecule has 0 aliphatic heterocycles. The number of nitrogens with zero attached hydrogens (tertiary/aromatic N) is 1. The smallest absolute Gasteiger partial charge is 0.408 e. The molecule has 35 heavy (non-hydrogen) atoms. The molecule has 1 rings (SSSR count). The number of alkyl carbamates (subject to hydrolysis) is 1. The molecule has 0 heterocycles. The number of methoxy groups -OCH3 is 1. The van der Waals surface area contributed by atoms with Gasteiger partial charge < -0.3 is 30.1 Å². The zero-order chi connectivity index (χ0) is 26.6. The molecule has 0 aromatic heterocycles. The lowest BCUT2D eigenvalue weighted by atomic mass is 10.0. The van der Waals surface area contributed by atoms with Crippen molar-refractivity contribution in [1.82, 2.24) is 15.5 Å². The molecule has 11 heteroatoms. The van der Waals surface area contributed by atoms with Gasteiger partial charge in [-0.25, -0.2) is 4.79 Å². The summed E-state index contributed by atoms with van der Waals surface area (Å²) in [7, 11) is 1.20. The van der Waals surface area contributed by atoms with Crippen LogP contribution >= 0.6 is 11.8 Å². The molecule has 3 amide bonds. The zero-order valence-electron chi connectivity index (χ0n) is 21.3. The SMILES string of the molecule is COC(=O)CNC(=O)C(c1ccc(C)cc1)N(CCO)C(=O)C(CCSC)NC(=O)OC(C)(C)C. The highest BCUT2D eigenvalue weighted by molar-refractivity contribution is 7.98. The number of rotatable bonds is 12. The number of thioether (sulfide) groups is 1. The number of aliphatic hydroxyl groups is 1. The number of carbonyl (C=O) groups is 4. The number of esters is 1. The van der Waals surface area contributed by atoms with Crippen LogP contribution in [-0.4, -0.2) is 84.3 Å². The van der Waals surface area contributed by atoms with Crippen LogP contribution in [0, 0.1) is 6.92 Å². The maximum atomic E-state index is 13.7. The summed E-state index contributed by atoms with van der Waals surface area (Å²) in [5.74, 6) is -1.27. The molecule has 0 fully saturated rings. The molecular weight excluding hydrogens is 474 g/mol. The molecule has 196 valence electrons. The minimum atomic E-state index is -1.16. The van der Waals surface area contributed by atoms with Crippen molar-refractivity contribution in [2.24, 2.45) is 0 Å². The first-order chi connectivity index (χ1) is 16.4. The molecular formula is C24H37N3O7S. The molecule has 0 bridgehead atoms. The minimum absolute atomic E-state index is 0.172. The van der Waals surface area contributed by atoms with E-state index in [1.165, 1.54) is 23.8 Å². The van der Waals surface area contributed by atoms with Gasteiger partial charge in [0, 0.05) is 6.54 Å². The predicted molar refractivity (Wildman–Crippen MR) is 134 cm³/mol. The van der Waals surface area contributed by atoms with E-state index < -0.39 is 48.2 Å². The summed E-state index contributed by atoms with van der Waals surface area (Å²) in [6.07, 6.45) is 1.39. The highest BCUT2D eigenvalue weighted by atomic mass is 32.2. The number of amides is 3. The third kappa shape index (κ3) is 10.6. The van der Waals surface area contributed by atoms with Gasteiger partial charge in [0.25, 0.3) is 0 Å². The summed E-state index contributed by atoms with van der Waals surface area (Å²) < 4.78 is 9.90. The highest BCUT2D eigenvalue weighted by Crippen LogP contribution is 2.24. The summed E-state index contributed by atoms with van der Waals surface area (Å²) in [5, 5.41) is 14.8. The molecule has 2 atom stereocenters. The van der Waals surface area contributed by atoms with E-state index in [0.29, 0.717) is 11.3 Å².